The summed E-state index contributed by atoms with van der Waals surface area (Å²) in [5.41, 5.74) is 1.52. The fourth-order valence-corrected chi connectivity index (χ4v) is 2.90. The van der Waals surface area contributed by atoms with Crippen molar-refractivity contribution in [2.75, 3.05) is 13.6 Å². The van der Waals surface area contributed by atoms with Crippen LogP contribution in [-0.4, -0.2) is 13.6 Å². The van der Waals surface area contributed by atoms with E-state index in [-0.39, 0.29) is 0 Å². The molecule has 2 rings (SSSR count). The van der Waals surface area contributed by atoms with Crippen molar-refractivity contribution in [2.24, 2.45) is 5.92 Å². The Balaban J connectivity index is 1.96. The van der Waals surface area contributed by atoms with Gasteiger partial charge in [0, 0.05) is 0 Å². The molecule has 1 saturated carbocycles. The van der Waals surface area contributed by atoms with Crippen LogP contribution in [0.25, 0.3) is 0 Å². The van der Waals surface area contributed by atoms with E-state index in [1.807, 2.05) is 7.05 Å². The van der Waals surface area contributed by atoms with E-state index < -0.39 is 0 Å². The maximum Gasteiger partial charge on any atom is 0.0701 e. The lowest BCUT2D eigenvalue weighted by molar-refractivity contribution is 0.699. The van der Waals surface area contributed by atoms with E-state index in [1.54, 1.807) is 11.3 Å². The summed E-state index contributed by atoms with van der Waals surface area (Å²) in [4.78, 5) is 0. The summed E-state index contributed by atoms with van der Waals surface area (Å²) in [5, 5.41) is 5.50. The average Bonchev–Trinajstić information content (AvgIpc) is 2.67. The first-order valence-corrected chi connectivity index (χ1v) is 5.87. The zero-order chi connectivity index (χ0) is 8.55. The summed E-state index contributed by atoms with van der Waals surface area (Å²) < 4.78 is 1.26. The molecule has 0 aliphatic heterocycles. The van der Waals surface area contributed by atoms with Crippen molar-refractivity contribution in [3.63, 3.8) is 0 Å². The lowest BCUT2D eigenvalue weighted by Gasteiger charge is -1.95. The Kier molecular flexibility index (Phi) is 2.53. The summed E-state index contributed by atoms with van der Waals surface area (Å²) in [7, 11) is 2.03. The van der Waals surface area contributed by atoms with Crippen molar-refractivity contribution in [1.82, 2.24) is 5.32 Å². The van der Waals surface area contributed by atoms with Gasteiger partial charge in [-0.1, -0.05) is 0 Å². The maximum absolute atomic E-state index is 3.49. The van der Waals surface area contributed by atoms with Gasteiger partial charge >= 0.3 is 0 Å². The number of thiophene rings is 1. The van der Waals surface area contributed by atoms with Gasteiger partial charge in [0.25, 0.3) is 0 Å². The molecule has 1 aliphatic carbocycles. The van der Waals surface area contributed by atoms with Crippen molar-refractivity contribution in [3.05, 3.63) is 20.8 Å². The summed E-state index contributed by atoms with van der Waals surface area (Å²) in [6, 6.07) is 2.25. The van der Waals surface area contributed by atoms with Crippen molar-refractivity contribution < 1.29 is 0 Å². The third-order valence-electron chi connectivity index (χ3n) is 2.40. The van der Waals surface area contributed by atoms with Crippen molar-refractivity contribution in [1.29, 1.82) is 0 Å². The van der Waals surface area contributed by atoms with Gasteiger partial charge in [-0.25, -0.2) is 0 Å². The Morgan fingerprint density at radius 1 is 1.75 bits per heavy atom. The number of nitrogens with one attached hydrogen (secondary N) is 1. The van der Waals surface area contributed by atoms with E-state index in [9.17, 15) is 0 Å². The molecule has 3 heteroatoms. The van der Waals surface area contributed by atoms with Crippen LogP contribution in [-0.2, 0) is 0 Å². The Morgan fingerprint density at radius 2 is 2.58 bits per heavy atom. The third-order valence-corrected chi connectivity index (χ3v) is 3.93. The molecule has 0 spiro atoms. The number of hydrogen-bond acceptors (Lipinski definition) is 2. The lowest BCUT2D eigenvalue weighted by atomic mass is 10.2. The Labute approximate surface area is 85.3 Å². The van der Waals surface area contributed by atoms with Gasteiger partial charge in [0.1, 0.15) is 0 Å². The molecule has 0 radical (unpaired) electrons. The lowest BCUT2D eigenvalue weighted by Crippen LogP contribution is -2.09. The zero-order valence-corrected chi connectivity index (χ0v) is 9.41. The predicted molar refractivity (Wildman–Crippen MR) is 56.8 cm³/mol. The zero-order valence-electron chi connectivity index (χ0n) is 7.01. The molecule has 2 atom stereocenters. The molecule has 0 aromatic carbocycles. The SMILES string of the molecule is CNCC1CC1c1csc(Br)c1. The van der Waals surface area contributed by atoms with Crippen LogP contribution < -0.4 is 5.32 Å². The molecule has 2 unspecified atom stereocenters. The highest BCUT2D eigenvalue weighted by atomic mass is 79.9. The Bertz CT molecular complexity index is 271. The molecule has 0 amide bonds. The van der Waals surface area contributed by atoms with Gasteiger partial charge in [0.05, 0.1) is 3.79 Å². The minimum Gasteiger partial charge on any atom is -0.319 e. The fourth-order valence-electron chi connectivity index (χ4n) is 1.66. The smallest absolute Gasteiger partial charge is 0.0701 e. The van der Waals surface area contributed by atoms with E-state index in [1.165, 1.54) is 15.8 Å². The molecule has 0 bridgehead atoms. The van der Waals surface area contributed by atoms with Crippen LogP contribution >= 0.6 is 27.3 Å². The van der Waals surface area contributed by atoms with Gasteiger partial charge in [0.2, 0.25) is 0 Å². The van der Waals surface area contributed by atoms with Gasteiger partial charge in [-0.15, -0.1) is 11.3 Å². The summed E-state index contributed by atoms with van der Waals surface area (Å²) in [6.45, 7) is 1.16. The molecular weight excluding hydrogens is 234 g/mol. The van der Waals surface area contributed by atoms with E-state index in [0.717, 1.165) is 18.4 Å². The first-order valence-electron chi connectivity index (χ1n) is 4.20. The second-order valence-electron chi connectivity index (χ2n) is 3.34. The highest BCUT2D eigenvalue weighted by Crippen LogP contribution is 2.48. The second-order valence-corrected chi connectivity index (χ2v) is 5.63. The molecule has 1 aromatic rings. The van der Waals surface area contributed by atoms with E-state index in [4.69, 9.17) is 0 Å². The van der Waals surface area contributed by atoms with Crippen LogP contribution in [0, 0.1) is 5.92 Å². The molecule has 66 valence electrons. The number of halogens is 1. The number of hydrogen-bond donors (Lipinski definition) is 1. The minimum atomic E-state index is 0.833. The largest absolute Gasteiger partial charge is 0.319 e. The van der Waals surface area contributed by atoms with E-state index >= 15 is 0 Å². The molecule has 1 aliphatic rings. The van der Waals surface area contributed by atoms with Gasteiger partial charge in [-0.05, 0) is 64.8 Å². The van der Waals surface area contributed by atoms with Crippen LogP contribution in [0.2, 0.25) is 0 Å². The highest BCUT2D eigenvalue weighted by Gasteiger charge is 2.37. The molecular formula is C9H12BrNS. The van der Waals surface area contributed by atoms with Crippen LogP contribution in [0.5, 0.6) is 0 Å². The molecule has 1 fully saturated rings. The molecule has 1 aromatic heterocycles. The van der Waals surface area contributed by atoms with Crippen LogP contribution in [0.4, 0.5) is 0 Å². The van der Waals surface area contributed by atoms with Gasteiger partial charge in [-0.2, -0.15) is 0 Å². The molecule has 1 N–H and O–H groups in total. The molecule has 1 heterocycles. The quantitative estimate of drug-likeness (QED) is 0.864. The van der Waals surface area contributed by atoms with Crippen molar-refractivity contribution >= 4 is 27.3 Å². The number of rotatable bonds is 3. The topological polar surface area (TPSA) is 12.0 Å². The highest BCUT2D eigenvalue weighted by molar-refractivity contribution is 9.11. The average molecular weight is 246 g/mol. The summed E-state index contributed by atoms with van der Waals surface area (Å²) in [6.07, 6.45) is 1.37. The Hall–Kier alpha value is 0.140. The maximum atomic E-state index is 3.49. The molecule has 1 nitrogen and oxygen atoms in total. The minimum absolute atomic E-state index is 0.833. The Morgan fingerprint density at radius 3 is 3.17 bits per heavy atom. The third kappa shape index (κ3) is 1.73. The normalized spacial score (nSPS) is 27.5. The van der Waals surface area contributed by atoms with Crippen LogP contribution in [0.3, 0.4) is 0 Å². The van der Waals surface area contributed by atoms with Gasteiger partial charge in [0.15, 0.2) is 0 Å². The predicted octanol–water partition coefficient (Wildman–Crippen LogP) is 2.83. The molecule has 12 heavy (non-hydrogen) atoms. The monoisotopic (exact) mass is 245 g/mol. The first kappa shape index (κ1) is 8.73. The fraction of sp³-hybridized carbons (Fsp3) is 0.556. The van der Waals surface area contributed by atoms with Crippen LogP contribution in [0.1, 0.15) is 17.9 Å². The molecule has 0 saturated heterocycles. The first-order chi connectivity index (χ1) is 5.81. The van der Waals surface area contributed by atoms with E-state index in [2.05, 4.69) is 32.7 Å². The van der Waals surface area contributed by atoms with Crippen molar-refractivity contribution in [2.45, 2.75) is 12.3 Å². The summed E-state index contributed by atoms with van der Waals surface area (Å²) in [5.74, 6) is 1.72. The van der Waals surface area contributed by atoms with E-state index in [0.29, 0.717) is 0 Å². The van der Waals surface area contributed by atoms with Crippen molar-refractivity contribution in [3.8, 4) is 0 Å². The van der Waals surface area contributed by atoms with Gasteiger partial charge in [-0.3, -0.25) is 0 Å². The summed E-state index contributed by atoms with van der Waals surface area (Å²) >= 11 is 5.28. The van der Waals surface area contributed by atoms with Gasteiger partial charge < -0.3 is 5.32 Å². The van der Waals surface area contributed by atoms with Crippen LogP contribution in [0.15, 0.2) is 15.2 Å². The standard InChI is InChI=1S/C9H12BrNS/c1-11-4-6-2-8(6)7-3-9(10)12-5-7/h3,5-6,8,11H,2,4H2,1H3. The second kappa shape index (κ2) is 3.48.